The molecule has 1 aliphatic rings. The molecule has 3 N–H and O–H groups in total. The van der Waals surface area contributed by atoms with Gasteiger partial charge >= 0.3 is 0 Å². The second-order valence-electron chi connectivity index (χ2n) is 32.2. The lowest BCUT2D eigenvalue weighted by Crippen LogP contribution is -2.17. The smallest absolute Gasteiger partial charge is 0.130 e. The minimum atomic E-state index is -0.314. The van der Waals surface area contributed by atoms with Gasteiger partial charge in [-0.05, 0) is 169 Å². The Hall–Kier alpha value is -8.43. The van der Waals surface area contributed by atoms with Crippen LogP contribution in [0.25, 0.3) is 0 Å². The molecular formula is C84H99N3O6. The van der Waals surface area contributed by atoms with Crippen molar-refractivity contribution < 1.29 is 29.5 Å². The first-order valence-corrected chi connectivity index (χ1v) is 33.2. The molecule has 0 unspecified atom stereocenters. The monoisotopic (exact) mass is 1250 g/mol. The molecule has 0 spiro atoms. The Balaban J connectivity index is 1.32. The summed E-state index contributed by atoms with van der Waals surface area (Å²) >= 11 is 0. The number of phenolic OH excluding ortho intramolecular Hbond substituents is 3. The van der Waals surface area contributed by atoms with E-state index in [0.29, 0.717) is 49.2 Å². The Morgan fingerprint density at radius 3 is 0.613 bits per heavy atom. The third-order valence-corrected chi connectivity index (χ3v) is 18.3. The zero-order valence-electron chi connectivity index (χ0n) is 58.6. The first kappa shape index (κ1) is 67.5. The van der Waals surface area contributed by atoms with Gasteiger partial charge in [0.1, 0.15) is 54.3 Å². The molecule has 12 bridgehead atoms. The molecule has 486 valence electrons. The number of hydrogen-bond donors (Lipinski definition) is 3. The van der Waals surface area contributed by atoms with E-state index in [1.807, 2.05) is 54.6 Å². The van der Waals surface area contributed by atoms with Crippen molar-refractivity contribution in [2.45, 2.75) is 215 Å². The topological polar surface area (TPSA) is 127 Å². The second-order valence-corrected chi connectivity index (χ2v) is 32.2. The molecule has 0 saturated carbocycles. The van der Waals surface area contributed by atoms with Crippen molar-refractivity contribution in [1.29, 1.82) is 0 Å². The van der Waals surface area contributed by atoms with Gasteiger partial charge in [-0.2, -0.15) is 0 Å². The maximum absolute atomic E-state index is 13.3. The van der Waals surface area contributed by atoms with Crippen molar-refractivity contribution in [3.63, 3.8) is 0 Å². The highest BCUT2D eigenvalue weighted by Gasteiger charge is 2.31. The van der Waals surface area contributed by atoms with Crippen LogP contribution in [0.15, 0.2) is 146 Å². The maximum atomic E-state index is 13.3. The average molecular weight is 1250 g/mol. The quantitative estimate of drug-likeness (QED) is 0.129. The number of fused-ring (bicyclic) bond motifs is 12. The van der Waals surface area contributed by atoms with Crippen LogP contribution < -0.4 is 14.2 Å². The molecule has 10 rings (SSSR count). The lowest BCUT2D eigenvalue weighted by atomic mass is 9.79. The van der Waals surface area contributed by atoms with Crippen molar-refractivity contribution in [3.05, 3.63) is 263 Å². The van der Waals surface area contributed by atoms with E-state index < -0.39 is 0 Å². The van der Waals surface area contributed by atoms with Crippen molar-refractivity contribution in [2.75, 3.05) is 0 Å². The number of benzene rings is 6. The first-order valence-electron chi connectivity index (χ1n) is 33.2. The van der Waals surface area contributed by atoms with Crippen LogP contribution in [0.5, 0.6) is 34.5 Å². The highest BCUT2D eigenvalue weighted by atomic mass is 16.5. The summed E-state index contributed by atoms with van der Waals surface area (Å²) < 4.78 is 21.6. The van der Waals surface area contributed by atoms with E-state index in [1.165, 1.54) is 0 Å². The number of phenols is 3. The normalized spacial score (nSPS) is 13.5. The molecule has 1 aliphatic carbocycles. The minimum absolute atomic E-state index is 0.173. The van der Waals surface area contributed by atoms with E-state index in [9.17, 15) is 15.3 Å². The molecule has 0 aliphatic heterocycles. The zero-order valence-corrected chi connectivity index (χ0v) is 58.6. The summed E-state index contributed by atoms with van der Waals surface area (Å²) in [5.41, 5.74) is 17.1. The average Bonchev–Trinajstić information content (AvgIpc) is 0.811. The van der Waals surface area contributed by atoms with Gasteiger partial charge in [0, 0.05) is 57.1 Å². The predicted molar refractivity (Wildman–Crippen MR) is 378 cm³/mol. The van der Waals surface area contributed by atoms with Gasteiger partial charge in [-0.3, -0.25) is 15.0 Å². The van der Waals surface area contributed by atoms with E-state index in [1.54, 1.807) is 18.6 Å². The summed E-state index contributed by atoms with van der Waals surface area (Å²) in [6, 6.07) is 44.2. The third-order valence-electron chi connectivity index (χ3n) is 18.3. The fraction of sp³-hybridized carbons (Fsp3) is 0.393. The second kappa shape index (κ2) is 26.2. The van der Waals surface area contributed by atoms with Crippen LogP contribution in [0.4, 0.5) is 0 Å². The van der Waals surface area contributed by atoms with Crippen LogP contribution in [0.1, 0.15) is 242 Å². The standard InChI is InChI=1S/C84H99N3O6/c1-79(2,3)64-37-52-31-53-38-65(80(4,5)6)40-55(74(53)89)33-60-45-68(83(13,14)15)47-62(77(60)92-50-71-26-20-23-29-86-71)36-63-48-69(84(16,17)18)46-61(78(63)93-51-72-27-21-24-30-87-72)35-57-42-66(81(7,8)9)41-56(75(57)90)34-59-44-67(82(10,11)12)43-58(32-54(39-64)73(52)88)76(59)91-49-70-25-19-22-28-85-70/h19-30,37-48,88-90H,31-36,49-51H2,1-18H3. The van der Waals surface area contributed by atoms with Gasteiger partial charge in [-0.1, -0.05) is 216 Å². The molecular weight excluding hydrogens is 1150 g/mol. The highest BCUT2D eigenvalue weighted by molar-refractivity contribution is 5.61. The van der Waals surface area contributed by atoms with E-state index in [4.69, 9.17) is 29.2 Å². The van der Waals surface area contributed by atoms with E-state index in [2.05, 4.69) is 197 Å². The van der Waals surface area contributed by atoms with Gasteiger partial charge < -0.3 is 29.5 Å². The first-order chi connectivity index (χ1) is 43.6. The number of aromatic nitrogens is 3. The summed E-state index contributed by atoms with van der Waals surface area (Å²) in [6.45, 7) is 40.7. The lowest BCUT2D eigenvalue weighted by molar-refractivity contribution is 0.292. The van der Waals surface area contributed by atoms with E-state index >= 15 is 0 Å². The summed E-state index contributed by atoms with van der Waals surface area (Å²) in [5.74, 6) is 2.68. The molecule has 93 heavy (non-hydrogen) atoms. The SMILES string of the molecule is CC(C)(C)c1cc2c(O)c(c1)Cc1cc(C(C)(C)C)cc(c1OCc1ccccn1)Cc1cc(C(C)(C)C)cc(c1O)Cc1cc(C(C)(C)C)cc(c1OCc1ccccn1)Cc1cc(C(C)(C)C)cc(c1OCc1ccccn1)Cc1cc(C(C)(C)C)cc(c1O)C2. The predicted octanol–water partition coefficient (Wildman–Crippen LogP) is 19.4. The van der Waals surface area contributed by atoms with Crippen LogP contribution in [-0.4, -0.2) is 30.3 Å². The van der Waals surface area contributed by atoms with Gasteiger partial charge in [-0.25, -0.2) is 0 Å². The Morgan fingerprint density at radius 1 is 0.269 bits per heavy atom. The molecule has 9 aromatic rings. The van der Waals surface area contributed by atoms with Gasteiger partial charge in [0.15, 0.2) is 0 Å². The van der Waals surface area contributed by atoms with Crippen molar-refractivity contribution in [1.82, 2.24) is 15.0 Å². The number of ether oxygens (including phenoxy) is 3. The van der Waals surface area contributed by atoms with Crippen molar-refractivity contribution >= 4 is 0 Å². The fourth-order valence-corrected chi connectivity index (χ4v) is 12.4. The Bertz CT molecular complexity index is 4170. The molecule has 0 amide bonds. The molecule has 0 fully saturated rings. The number of hydrogen-bond acceptors (Lipinski definition) is 9. The van der Waals surface area contributed by atoms with Crippen molar-refractivity contribution in [3.8, 4) is 34.5 Å². The van der Waals surface area contributed by atoms with Crippen molar-refractivity contribution in [2.24, 2.45) is 0 Å². The number of pyridine rings is 3. The van der Waals surface area contributed by atoms with Crippen LogP contribution in [-0.2, 0) is 90.8 Å². The third kappa shape index (κ3) is 16.0. The summed E-state index contributed by atoms with van der Waals surface area (Å²) in [6.07, 6.45) is 7.42. The molecule has 3 aromatic heterocycles. The van der Waals surface area contributed by atoms with Crippen LogP contribution in [0, 0.1) is 0 Å². The van der Waals surface area contributed by atoms with Crippen LogP contribution >= 0.6 is 0 Å². The molecule has 9 heteroatoms. The molecule has 0 radical (unpaired) electrons. The Morgan fingerprint density at radius 2 is 0.441 bits per heavy atom. The van der Waals surface area contributed by atoms with Gasteiger partial charge in [0.2, 0.25) is 0 Å². The number of aromatic hydroxyl groups is 3. The maximum Gasteiger partial charge on any atom is 0.130 e. The minimum Gasteiger partial charge on any atom is -0.507 e. The fourth-order valence-electron chi connectivity index (χ4n) is 12.4. The van der Waals surface area contributed by atoms with Gasteiger partial charge in [0.25, 0.3) is 0 Å². The Kier molecular flexibility index (Phi) is 19.0. The van der Waals surface area contributed by atoms with E-state index in [-0.39, 0.29) is 76.0 Å². The molecule has 0 saturated heterocycles. The summed E-state index contributed by atoms with van der Waals surface area (Å²) in [7, 11) is 0. The van der Waals surface area contributed by atoms with E-state index in [0.717, 1.165) is 117 Å². The van der Waals surface area contributed by atoms with Crippen LogP contribution in [0.3, 0.4) is 0 Å². The molecule has 9 nitrogen and oxygen atoms in total. The largest absolute Gasteiger partial charge is 0.507 e. The molecule has 3 heterocycles. The summed E-state index contributed by atoms with van der Waals surface area (Å²) in [5, 5.41) is 39.5. The number of nitrogens with zero attached hydrogens (tertiary/aromatic N) is 3. The molecule has 0 atom stereocenters. The number of rotatable bonds is 9. The van der Waals surface area contributed by atoms with Gasteiger partial charge in [-0.15, -0.1) is 0 Å². The summed E-state index contributed by atoms with van der Waals surface area (Å²) in [4.78, 5) is 14.2. The van der Waals surface area contributed by atoms with Crippen LogP contribution in [0.2, 0.25) is 0 Å². The molecule has 6 aromatic carbocycles. The highest BCUT2D eigenvalue weighted by Crippen LogP contribution is 2.46. The lowest BCUT2D eigenvalue weighted by Gasteiger charge is -2.28. The van der Waals surface area contributed by atoms with Gasteiger partial charge in [0.05, 0.1) is 17.1 Å². The Labute approximate surface area is 554 Å². The zero-order chi connectivity index (χ0) is 67.2.